The Morgan fingerprint density at radius 2 is 1.94 bits per heavy atom. The van der Waals surface area contributed by atoms with E-state index in [0.717, 1.165) is 23.8 Å². The largest absolute Gasteiger partial charge is 0.317 e. The molecule has 0 aromatic heterocycles. The molecule has 0 radical (unpaired) electrons. The normalized spacial score (nSPS) is 32.5. The highest BCUT2D eigenvalue weighted by Gasteiger charge is 2.38. The minimum atomic E-state index is 0.489. The standard InChI is InChI=1S/C16H33N/c1-7-12(2)11-16(4,5)14-9-8-13(3)10-15(14)17-6/h12-15,17H,7-11H2,1-6H3. The van der Waals surface area contributed by atoms with Gasteiger partial charge in [-0.3, -0.25) is 0 Å². The smallest absolute Gasteiger partial charge is 0.00999 e. The van der Waals surface area contributed by atoms with Crippen LogP contribution in [0.4, 0.5) is 0 Å². The fourth-order valence-electron chi connectivity index (χ4n) is 3.83. The number of hydrogen-bond acceptors (Lipinski definition) is 1. The highest BCUT2D eigenvalue weighted by Crippen LogP contribution is 2.44. The van der Waals surface area contributed by atoms with Crippen molar-refractivity contribution in [3.8, 4) is 0 Å². The van der Waals surface area contributed by atoms with Gasteiger partial charge in [-0.05, 0) is 49.5 Å². The van der Waals surface area contributed by atoms with Gasteiger partial charge in [-0.2, -0.15) is 0 Å². The third-order valence-electron chi connectivity index (χ3n) is 5.06. The molecule has 102 valence electrons. The molecule has 1 aliphatic rings. The van der Waals surface area contributed by atoms with Crippen LogP contribution < -0.4 is 5.32 Å². The van der Waals surface area contributed by atoms with E-state index in [1.165, 1.54) is 32.1 Å². The van der Waals surface area contributed by atoms with Gasteiger partial charge in [0.1, 0.15) is 0 Å². The lowest BCUT2D eigenvalue weighted by Gasteiger charge is -2.45. The Morgan fingerprint density at radius 1 is 1.29 bits per heavy atom. The maximum absolute atomic E-state index is 3.58. The van der Waals surface area contributed by atoms with Crippen molar-refractivity contribution in [1.29, 1.82) is 0 Å². The van der Waals surface area contributed by atoms with Crippen LogP contribution in [-0.4, -0.2) is 13.1 Å². The van der Waals surface area contributed by atoms with Crippen LogP contribution in [-0.2, 0) is 0 Å². The monoisotopic (exact) mass is 239 g/mol. The molecule has 1 aliphatic carbocycles. The summed E-state index contributed by atoms with van der Waals surface area (Å²) in [5.41, 5.74) is 0.489. The molecule has 0 aromatic carbocycles. The average molecular weight is 239 g/mol. The van der Waals surface area contributed by atoms with Crippen LogP contribution in [0.1, 0.15) is 66.7 Å². The molecule has 1 saturated carbocycles. The van der Waals surface area contributed by atoms with Gasteiger partial charge in [-0.15, -0.1) is 0 Å². The third-order valence-corrected chi connectivity index (χ3v) is 5.06. The molecule has 0 aliphatic heterocycles. The van der Waals surface area contributed by atoms with E-state index in [-0.39, 0.29) is 0 Å². The van der Waals surface area contributed by atoms with E-state index < -0.39 is 0 Å². The molecule has 17 heavy (non-hydrogen) atoms. The molecule has 1 rings (SSSR count). The first-order valence-corrected chi connectivity index (χ1v) is 7.58. The summed E-state index contributed by atoms with van der Waals surface area (Å²) in [6.07, 6.45) is 6.89. The minimum absolute atomic E-state index is 0.489. The van der Waals surface area contributed by atoms with Gasteiger partial charge >= 0.3 is 0 Å². The molecule has 1 heteroatoms. The van der Waals surface area contributed by atoms with Crippen molar-refractivity contribution in [2.75, 3.05) is 7.05 Å². The van der Waals surface area contributed by atoms with Gasteiger partial charge < -0.3 is 5.32 Å². The highest BCUT2D eigenvalue weighted by molar-refractivity contribution is 4.91. The fraction of sp³-hybridized carbons (Fsp3) is 1.00. The van der Waals surface area contributed by atoms with E-state index in [2.05, 4.69) is 47.0 Å². The Morgan fingerprint density at radius 3 is 2.47 bits per heavy atom. The molecule has 0 aromatic rings. The van der Waals surface area contributed by atoms with Crippen molar-refractivity contribution in [2.24, 2.45) is 23.2 Å². The van der Waals surface area contributed by atoms with Crippen molar-refractivity contribution in [1.82, 2.24) is 5.32 Å². The predicted molar refractivity (Wildman–Crippen MR) is 77.2 cm³/mol. The molecule has 0 spiro atoms. The molecule has 0 amide bonds. The van der Waals surface area contributed by atoms with E-state index in [0.29, 0.717) is 5.41 Å². The lowest BCUT2D eigenvalue weighted by Crippen LogP contribution is -2.45. The van der Waals surface area contributed by atoms with Crippen molar-refractivity contribution >= 4 is 0 Å². The van der Waals surface area contributed by atoms with Crippen LogP contribution in [0.15, 0.2) is 0 Å². The van der Waals surface area contributed by atoms with Gasteiger partial charge in [0, 0.05) is 6.04 Å². The van der Waals surface area contributed by atoms with Gasteiger partial charge in [0.2, 0.25) is 0 Å². The zero-order chi connectivity index (χ0) is 13.1. The van der Waals surface area contributed by atoms with Gasteiger partial charge in [-0.1, -0.05) is 47.5 Å². The summed E-state index contributed by atoms with van der Waals surface area (Å²) in [6, 6.07) is 0.734. The molecule has 0 saturated heterocycles. The SMILES string of the molecule is CCC(C)CC(C)(C)C1CCC(C)CC1NC. The molecule has 0 bridgehead atoms. The zero-order valence-electron chi connectivity index (χ0n) is 12.8. The Balaban J connectivity index is 2.67. The molecule has 4 unspecified atom stereocenters. The average Bonchev–Trinajstić information content (AvgIpc) is 2.27. The van der Waals surface area contributed by atoms with E-state index in [1.54, 1.807) is 0 Å². The van der Waals surface area contributed by atoms with Crippen molar-refractivity contribution in [2.45, 2.75) is 72.8 Å². The lowest BCUT2D eigenvalue weighted by atomic mass is 9.63. The van der Waals surface area contributed by atoms with Gasteiger partial charge in [0.25, 0.3) is 0 Å². The molecule has 0 heterocycles. The second-order valence-corrected chi connectivity index (χ2v) is 7.13. The number of nitrogens with one attached hydrogen (secondary N) is 1. The number of rotatable bonds is 5. The van der Waals surface area contributed by atoms with Crippen LogP contribution in [0.2, 0.25) is 0 Å². The summed E-state index contributed by atoms with van der Waals surface area (Å²) in [5.74, 6) is 2.63. The first kappa shape index (κ1) is 15.0. The summed E-state index contributed by atoms with van der Waals surface area (Å²) in [7, 11) is 2.15. The number of hydrogen-bond donors (Lipinski definition) is 1. The van der Waals surface area contributed by atoms with Crippen LogP contribution in [0.3, 0.4) is 0 Å². The Hall–Kier alpha value is -0.0400. The fourth-order valence-corrected chi connectivity index (χ4v) is 3.83. The second-order valence-electron chi connectivity index (χ2n) is 7.13. The topological polar surface area (TPSA) is 12.0 Å². The lowest BCUT2D eigenvalue weighted by molar-refractivity contribution is 0.0767. The van der Waals surface area contributed by atoms with Crippen molar-refractivity contribution in [3.63, 3.8) is 0 Å². The Bertz CT molecular complexity index is 222. The first-order valence-electron chi connectivity index (χ1n) is 7.58. The Kier molecular flexibility index (Phi) is 5.50. The molecule has 1 fully saturated rings. The van der Waals surface area contributed by atoms with Crippen molar-refractivity contribution in [3.05, 3.63) is 0 Å². The molecular weight excluding hydrogens is 206 g/mol. The van der Waals surface area contributed by atoms with Crippen molar-refractivity contribution < 1.29 is 0 Å². The van der Waals surface area contributed by atoms with Crippen LogP contribution in [0.5, 0.6) is 0 Å². The minimum Gasteiger partial charge on any atom is -0.317 e. The molecule has 4 atom stereocenters. The quantitative estimate of drug-likeness (QED) is 0.746. The van der Waals surface area contributed by atoms with E-state index in [9.17, 15) is 0 Å². The van der Waals surface area contributed by atoms with Gasteiger partial charge in [0.05, 0.1) is 0 Å². The zero-order valence-corrected chi connectivity index (χ0v) is 12.8. The third kappa shape index (κ3) is 3.98. The summed E-state index contributed by atoms with van der Waals surface area (Å²) in [5, 5.41) is 3.58. The molecular formula is C16H33N. The summed E-state index contributed by atoms with van der Waals surface area (Å²) in [6.45, 7) is 12.1. The summed E-state index contributed by atoms with van der Waals surface area (Å²) < 4.78 is 0. The van der Waals surface area contributed by atoms with Crippen LogP contribution in [0.25, 0.3) is 0 Å². The van der Waals surface area contributed by atoms with Crippen LogP contribution in [0, 0.1) is 23.2 Å². The highest BCUT2D eigenvalue weighted by atomic mass is 14.9. The van der Waals surface area contributed by atoms with Gasteiger partial charge in [-0.25, -0.2) is 0 Å². The van der Waals surface area contributed by atoms with E-state index >= 15 is 0 Å². The van der Waals surface area contributed by atoms with E-state index in [1.807, 2.05) is 0 Å². The van der Waals surface area contributed by atoms with Crippen LogP contribution >= 0.6 is 0 Å². The van der Waals surface area contributed by atoms with E-state index in [4.69, 9.17) is 0 Å². The maximum Gasteiger partial charge on any atom is 0.00999 e. The predicted octanol–water partition coefficient (Wildman–Crippen LogP) is 4.47. The van der Waals surface area contributed by atoms with Gasteiger partial charge in [0.15, 0.2) is 0 Å². The second kappa shape index (κ2) is 6.22. The summed E-state index contributed by atoms with van der Waals surface area (Å²) >= 11 is 0. The first-order chi connectivity index (χ1) is 7.90. The summed E-state index contributed by atoms with van der Waals surface area (Å²) in [4.78, 5) is 0. The molecule has 1 N–H and O–H groups in total. The maximum atomic E-state index is 3.58. The Labute approximate surface area is 109 Å². The molecule has 1 nitrogen and oxygen atoms in total.